The molecule has 2 N–H and O–H groups in total. The number of carbonyl (C=O) groups excluding carboxylic acids is 1. The van der Waals surface area contributed by atoms with Crippen LogP contribution in [-0.4, -0.2) is 28.2 Å². The maximum atomic E-state index is 13.0. The second-order valence-corrected chi connectivity index (χ2v) is 5.24. The first-order valence-electron chi connectivity index (χ1n) is 5.59. The number of nitrogens with zero attached hydrogens (tertiary/aromatic N) is 1. The molecule has 0 radical (unpaired) electrons. The molecule has 0 fully saturated rings. The molecule has 1 heterocycles. The van der Waals surface area contributed by atoms with Gasteiger partial charge < -0.3 is 10.3 Å². The first kappa shape index (κ1) is 13.5. The number of thioether (sulfide) groups is 1. The number of fused-ring (bicyclic) bond motifs is 1. The van der Waals surface area contributed by atoms with Gasteiger partial charge in [0, 0.05) is 7.05 Å². The molecule has 0 aliphatic heterocycles. The molecule has 1 atom stereocenters. The summed E-state index contributed by atoms with van der Waals surface area (Å²) in [6.45, 7) is 1.71. The van der Waals surface area contributed by atoms with E-state index < -0.39 is 11.4 Å². The Kier molecular flexibility index (Phi) is 3.84. The Morgan fingerprint density at radius 1 is 1.53 bits per heavy atom. The SMILES string of the molecule is CNC(=O)[C@@H](C)Sc1nc2ccc(F)cc2c(=O)[nH]1. The highest BCUT2D eigenvalue weighted by atomic mass is 32.2. The third kappa shape index (κ3) is 2.93. The van der Waals surface area contributed by atoms with Crippen LogP contribution >= 0.6 is 11.8 Å². The van der Waals surface area contributed by atoms with Gasteiger partial charge in [-0.15, -0.1) is 0 Å². The van der Waals surface area contributed by atoms with E-state index in [0.29, 0.717) is 10.7 Å². The van der Waals surface area contributed by atoms with Crippen molar-refractivity contribution >= 4 is 28.6 Å². The number of H-pyrrole nitrogens is 1. The molecule has 0 unspecified atom stereocenters. The lowest BCUT2D eigenvalue weighted by atomic mass is 10.2. The summed E-state index contributed by atoms with van der Waals surface area (Å²) in [5, 5.41) is 2.66. The zero-order valence-electron chi connectivity index (χ0n) is 10.4. The van der Waals surface area contributed by atoms with Crippen LogP contribution in [0.4, 0.5) is 4.39 Å². The van der Waals surface area contributed by atoms with Crippen molar-refractivity contribution in [3.63, 3.8) is 0 Å². The number of rotatable bonds is 3. The summed E-state index contributed by atoms with van der Waals surface area (Å²) >= 11 is 1.14. The standard InChI is InChI=1S/C12H12FN3O2S/c1-6(10(17)14-2)19-12-15-9-4-3-7(13)5-8(9)11(18)16-12/h3-6H,1-2H3,(H,14,17)(H,15,16,18)/t6-/m1/s1. The van der Waals surface area contributed by atoms with Gasteiger partial charge in [0.2, 0.25) is 5.91 Å². The fraction of sp³-hybridized carbons (Fsp3) is 0.250. The Balaban J connectivity index is 2.39. The Hall–Kier alpha value is -1.89. The van der Waals surface area contributed by atoms with E-state index >= 15 is 0 Å². The Labute approximate surface area is 112 Å². The van der Waals surface area contributed by atoms with Crippen molar-refractivity contribution in [2.75, 3.05) is 7.05 Å². The second kappa shape index (κ2) is 5.40. The molecule has 0 aliphatic carbocycles. The Morgan fingerprint density at radius 2 is 2.26 bits per heavy atom. The predicted molar refractivity (Wildman–Crippen MR) is 71.7 cm³/mol. The normalized spacial score (nSPS) is 12.4. The van der Waals surface area contributed by atoms with Crippen LogP contribution in [0.2, 0.25) is 0 Å². The smallest absolute Gasteiger partial charge is 0.259 e. The lowest BCUT2D eigenvalue weighted by molar-refractivity contribution is -0.119. The number of hydrogen-bond donors (Lipinski definition) is 2. The molecule has 0 spiro atoms. The van der Waals surface area contributed by atoms with E-state index in [1.165, 1.54) is 12.1 Å². The third-order valence-corrected chi connectivity index (χ3v) is 3.53. The average molecular weight is 281 g/mol. The maximum absolute atomic E-state index is 13.0. The zero-order chi connectivity index (χ0) is 14.0. The summed E-state index contributed by atoms with van der Waals surface area (Å²) in [6.07, 6.45) is 0. The summed E-state index contributed by atoms with van der Waals surface area (Å²) < 4.78 is 13.0. The highest BCUT2D eigenvalue weighted by molar-refractivity contribution is 8.00. The van der Waals surface area contributed by atoms with Gasteiger partial charge >= 0.3 is 0 Å². The Bertz CT molecular complexity index is 686. The van der Waals surface area contributed by atoms with E-state index in [1.54, 1.807) is 14.0 Å². The summed E-state index contributed by atoms with van der Waals surface area (Å²) in [7, 11) is 1.54. The second-order valence-electron chi connectivity index (χ2n) is 3.91. The largest absolute Gasteiger partial charge is 0.358 e. The molecule has 5 nitrogen and oxygen atoms in total. The van der Waals surface area contributed by atoms with E-state index in [4.69, 9.17) is 0 Å². The van der Waals surface area contributed by atoms with Crippen LogP contribution in [0, 0.1) is 5.82 Å². The molecule has 1 aromatic carbocycles. The monoisotopic (exact) mass is 281 g/mol. The molecule has 7 heteroatoms. The number of aromatic amines is 1. The minimum absolute atomic E-state index is 0.160. The Morgan fingerprint density at radius 3 is 2.95 bits per heavy atom. The summed E-state index contributed by atoms with van der Waals surface area (Å²) in [4.78, 5) is 29.9. The predicted octanol–water partition coefficient (Wildman–Crippen LogP) is 1.29. The number of aromatic nitrogens is 2. The lowest BCUT2D eigenvalue weighted by Crippen LogP contribution is -2.27. The van der Waals surface area contributed by atoms with Gasteiger partial charge in [0.15, 0.2) is 5.16 Å². The van der Waals surface area contributed by atoms with Gasteiger partial charge in [-0.2, -0.15) is 0 Å². The van der Waals surface area contributed by atoms with Crippen molar-refractivity contribution in [1.29, 1.82) is 0 Å². The van der Waals surface area contributed by atoms with Crippen LogP contribution in [0.3, 0.4) is 0 Å². The van der Waals surface area contributed by atoms with Gasteiger partial charge in [-0.25, -0.2) is 9.37 Å². The number of halogens is 1. The first-order valence-corrected chi connectivity index (χ1v) is 6.47. The summed E-state index contributed by atoms with van der Waals surface area (Å²) in [5.74, 6) is -0.647. The minimum Gasteiger partial charge on any atom is -0.358 e. The van der Waals surface area contributed by atoms with Gasteiger partial charge in [0.25, 0.3) is 5.56 Å². The van der Waals surface area contributed by atoms with Crippen molar-refractivity contribution in [2.45, 2.75) is 17.3 Å². The van der Waals surface area contributed by atoms with Gasteiger partial charge in [-0.05, 0) is 25.1 Å². The van der Waals surface area contributed by atoms with Gasteiger partial charge in [-0.1, -0.05) is 11.8 Å². The first-order chi connectivity index (χ1) is 9.01. The topological polar surface area (TPSA) is 74.8 Å². The molecule has 19 heavy (non-hydrogen) atoms. The molecule has 0 saturated heterocycles. The maximum Gasteiger partial charge on any atom is 0.259 e. The van der Waals surface area contributed by atoms with Gasteiger partial charge in [0.1, 0.15) is 5.82 Å². The van der Waals surface area contributed by atoms with Crippen LogP contribution in [0.15, 0.2) is 28.2 Å². The molecule has 2 aromatic rings. The minimum atomic E-state index is -0.487. The van der Waals surface area contributed by atoms with E-state index in [9.17, 15) is 14.0 Å². The highest BCUT2D eigenvalue weighted by Crippen LogP contribution is 2.20. The van der Waals surface area contributed by atoms with Crippen LogP contribution < -0.4 is 10.9 Å². The van der Waals surface area contributed by atoms with Crippen LogP contribution in [0.5, 0.6) is 0 Å². The number of benzene rings is 1. The highest BCUT2D eigenvalue weighted by Gasteiger charge is 2.15. The fourth-order valence-electron chi connectivity index (χ4n) is 1.57. The molecule has 0 aliphatic rings. The van der Waals surface area contributed by atoms with Crippen molar-refractivity contribution in [1.82, 2.24) is 15.3 Å². The fourth-order valence-corrected chi connectivity index (χ4v) is 2.43. The number of nitrogens with one attached hydrogen (secondary N) is 2. The van der Waals surface area contributed by atoms with E-state index in [2.05, 4.69) is 15.3 Å². The van der Waals surface area contributed by atoms with Crippen molar-refractivity contribution in [3.8, 4) is 0 Å². The third-order valence-electron chi connectivity index (χ3n) is 2.55. The number of carbonyl (C=O) groups is 1. The zero-order valence-corrected chi connectivity index (χ0v) is 11.2. The van der Waals surface area contributed by atoms with Crippen LogP contribution in [0.25, 0.3) is 10.9 Å². The molecule has 0 bridgehead atoms. The van der Waals surface area contributed by atoms with Gasteiger partial charge in [0.05, 0.1) is 16.2 Å². The molecule has 2 rings (SSSR count). The lowest BCUT2D eigenvalue weighted by Gasteiger charge is -2.08. The molecular weight excluding hydrogens is 269 g/mol. The van der Waals surface area contributed by atoms with Gasteiger partial charge in [-0.3, -0.25) is 9.59 Å². The number of hydrogen-bond acceptors (Lipinski definition) is 4. The molecule has 0 saturated carbocycles. The van der Waals surface area contributed by atoms with Crippen molar-refractivity contribution in [2.24, 2.45) is 0 Å². The van der Waals surface area contributed by atoms with E-state index in [0.717, 1.165) is 17.8 Å². The quantitative estimate of drug-likeness (QED) is 0.656. The molecular formula is C12H12FN3O2S. The average Bonchev–Trinajstić information content (AvgIpc) is 2.38. The molecule has 100 valence electrons. The van der Waals surface area contributed by atoms with Crippen LogP contribution in [0.1, 0.15) is 6.92 Å². The number of amides is 1. The van der Waals surface area contributed by atoms with E-state index in [1.807, 2.05) is 0 Å². The van der Waals surface area contributed by atoms with Crippen molar-refractivity contribution < 1.29 is 9.18 Å². The van der Waals surface area contributed by atoms with Crippen LogP contribution in [-0.2, 0) is 4.79 Å². The summed E-state index contributed by atoms with van der Waals surface area (Å²) in [5.41, 5.74) is -0.0205. The molecule has 1 amide bonds. The van der Waals surface area contributed by atoms with E-state index in [-0.39, 0.29) is 16.5 Å². The summed E-state index contributed by atoms with van der Waals surface area (Å²) in [6, 6.07) is 3.82. The van der Waals surface area contributed by atoms with Crippen molar-refractivity contribution in [3.05, 3.63) is 34.4 Å². The molecule has 1 aromatic heterocycles.